The van der Waals surface area contributed by atoms with Crippen molar-refractivity contribution in [1.29, 1.82) is 0 Å². The van der Waals surface area contributed by atoms with Gasteiger partial charge in [0.05, 0.1) is 5.56 Å². The van der Waals surface area contributed by atoms with Crippen molar-refractivity contribution in [2.45, 2.75) is 25.1 Å². The first-order chi connectivity index (χ1) is 10.4. The van der Waals surface area contributed by atoms with Gasteiger partial charge in [-0.2, -0.15) is 13.2 Å². The molecule has 1 aliphatic rings. The second kappa shape index (κ2) is 10.7. The Morgan fingerprint density at radius 3 is 2.42 bits per heavy atom. The maximum atomic E-state index is 13.0. The number of nitrogens with one attached hydrogen (secondary N) is 1. The molecule has 0 bridgehead atoms. The number of hydrogen-bond acceptors (Lipinski definition) is 2. The fourth-order valence-corrected chi connectivity index (χ4v) is 3.29. The Balaban J connectivity index is 0.00000264. The summed E-state index contributed by atoms with van der Waals surface area (Å²) in [5.74, 6) is 0. The highest BCUT2D eigenvalue weighted by Gasteiger charge is 2.32. The normalized spacial score (nSPS) is 16.7. The molecule has 1 heterocycles. The lowest BCUT2D eigenvalue weighted by Crippen LogP contribution is -2.45. The lowest BCUT2D eigenvalue weighted by molar-refractivity contribution is -0.137. The second-order valence-corrected chi connectivity index (χ2v) is 6.26. The molecule has 1 aromatic rings. The second-order valence-electron chi connectivity index (χ2n) is 5.40. The molecular formula is C16H22BrCl2F3N2. The van der Waals surface area contributed by atoms with E-state index in [2.05, 4.69) is 32.7 Å². The zero-order valence-electron chi connectivity index (χ0n) is 13.1. The fraction of sp³-hybridized carbons (Fsp3) is 0.500. The van der Waals surface area contributed by atoms with Crippen LogP contribution in [-0.4, -0.2) is 31.1 Å². The largest absolute Gasteiger partial charge is 0.416 e. The molecule has 1 saturated heterocycles. The third kappa shape index (κ3) is 6.23. The third-order valence-electron chi connectivity index (χ3n) is 3.92. The van der Waals surface area contributed by atoms with Gasteiger partial charge in [-0.05, 0) is 36.6 Å². The van der Waals surface area contributed by atoms with Crippen LogP contribution in [0.4, 0.5) is 13.2 Å². The predicted octanol–water partition coefficient (Wildman–Crippen LogP) is 5.22. The summed E-state index contributed by atoms with van der Waals surface area (Å²) in [4.78, 5) is 2.25. The monoisotopic (exact) mass is 448 g/mol. The molecule has 1 N–H and O–H groups in total. The Morgan fingerprint density at radius 2 is 1.88 bits per heavy atom. The number of rotatable bonds is 5. The van der Waals surface area contributed by atoms with E-state index in [4.69, 9.17) is 0 Å². The Bertz CT molecular complexity index is 521. The van der Waals surface area contributed by atoms with Crippen molar-refractivity contribution in [3.63, 3.8) is 0 Å². The highest BCUT2D eigenvalue weighted by molar-refractivity contribution is 9.10. The first-order valence-corrected chi connectivity index (χ1v) is 8.15. The molecule has 8 heteroatoms. The maximum absolute atomic E-state index is 13.0. The molecule has 0 spiro atoms. The number of nitrogens with zero attached hydrogens (tertiary/aromatic N) is 1. The molecule has 0 unspecified atom stereocenters. The van der Waals surface area contributed by atoms with E-state index in [1.54, 1.807) is 0 Å². The van der Waals surface area contributed by atoms with Gasteiger partial charge in [0, 0.05) is 36.7 Å². The Kier molecular flexibility index (Phi) is 10.5. The summed E-state index contributed by atoms with van der Waals surface area (Å²) in [5, 5.41) is 3.27. The quantitative estimate of drug-likeness (QED) is 0.619. The standard InChI is InChI=1S/C16H20BrF3N2.2ClH/c1-2-3-4-15(22-9-7-21-8-10-22)13-11-12(16(18,19)20)5-6-14(13)17;;/h2,5-6,11,15,21H,1,3-4,7-10H2;2*1H/t15-;;/m0../s1. The van der Waals surface area contributed by atoms with Crippen LogP contribution >= 0.6 is 40.7 Å². The van der Waals surface area contributed by atoms with Gasteiger partial charge < -0.3 is 5.32 Å². The first kappa shape index (κ1) is 23.7. The molecule has 0 saturated carbocycles. The Labute approximate surface area is 161 Å². The molecular weight excluding hydrogens is 428 g/mol. The molecule has 24 heavy (non-hydrogen) atoms. The molecule has 0 radical (unpaired) electrons. The maximum Gasteiger partial charge on any atom is 0.416 e. The lowest BCUT2D eigenvalue weighted by atomic mass is 9.97. The number of alkyl halides is 3. The van der Waals surface area contributed by atoms with Crippen molar-refractivity contribution in [1.82, 2.24) is 10.2 Å². The van der Waals surface area contributed by atoms with Gasteiger partial charge in [0.1, 0.15) is 0 Å². The topological polar surface area (TPSA) is 15.3 Å². The highest BCUT2D eigenvalue weighted by Crippen LogP contribution is 2.37. The van der Waals surface area contributed by atoms with E-state index >= 15 is 0 Å². The van der Waals surface area contributed by atoms with Crippen LogP contribution in [0.1, 0.15) is 30.0 Å². The number of halogens is 6. The average molecular weight is 450 g/mol. The van der Waals surface area contributed by atoms with Crippen LogP contribution in [0.25, 0.3) is 0 Å². The summed E-state index contributed by atoms with van der Waals surface area (Å²) in [6, 6.07) is 3.87. The summed E-state index contributed by atoms with van der Waals surface area (Å²) in [6.45, 7) is 7.13. The van der Waals surface area contributed by atoms with Gasteiger partial charge in [0.25, 0.3) is 0 Å². The molecule has 0 amide bonds. The third-order valence-corrected chi connectivity index (χ3v) is 4.64. The Morgan fingerprint density at radius 1 is 1.25 bits per heavy atom. The van der Waals surface area contributed by atoms with Crippen LogP contribution in [0.3, 0.4) is 0 Å². The zero-order valence-corrected chi connectivity index (χ0v) is 16.3. The number of allylic oxidation sites excluding steroid dienone is 1. The van der Waals surface area contributed by atoms with Gasteiger partial charge in [-0.15, -0.1) is 31.4 Å². The van der Waals surface area contributed by atoms with Crippen LogP contribution in [0.2, 0.25) is 0 Å². The lowest BCUT2D eigenvalue weighted by Gasteiger charge is -2.36. The number of benzene rings is 1. The van der Waals surface area contributed by atoms with Gasteiger partial charge in [-0.3, -0.25) is 4.90 Å². The minimum atomic E-state index is -4.32. The van der Waals surface area contributed by atoms with E-state index < -0.39 is 11.7 Å². The van der Waals surface area contributed by atoms with E-state index in [-0.39, 0.29) is 30.9 Å². The number of hydrogen-bond donors (Lipinski definition) is 1. The highest BCUT2D eigenvalue weighted by atomic mass is 79.9. The van der Waals surface area contributed by atoms with E-state index in [0.29, 0.717) is 5.56 Å². The van der Waals surface area contributed by atoms with Crippen LogP contribution in [-0.2, 0) is 6.18 Å². The van der Waals surface area contributed by atoms with Crippen molar-refractivity contribution in [2.75, 3.05) is 26.2 Å². The van der Waals surface area contributed by atoms with Crippen molar-refractivity contribution >= 4 is 40.7 Å². The van der Waals surface area contributed by atoms with Gasteiger partial charge in [-0.1, -0.05) is 22.0 Å². The van der Waals surface area contributed by atoms with Crippen molar-refractivity contribution < 1.29 is 13.2 Å². The predicted molar refractivity (Wildman–Crippen MR) is 100 cm³/mol. The minimum absolute atomic E-state index is 0. The van der Waals surface area contributed by atoms with Crippen molar-refractivity contribution in [3.05, 3.63) is 46.5 Å². The summed E-state index contributed by atoms with van der Waals surface area (Å²) in [6.07, 6.45) is -0.959. The molecule has 1 aromatic carbocycles. The molecule has 1 aliphatic heterocycles. The summed E-state index contributed by atoms with van der Waals surface area (Å²) >= 11 is 3.42. The minimum Gasteiger partial charge on any atom is -0.314 e. The van der Waals surface area contributed by atoms with E-state index in [0.717, 1.165) is 49.6 Å². The molecule has 1 atom stereocenters. The van der Waals surface area contributed by atoms with Crippen molar-refractivity contribution in [2.24, 2.45) is 0 Å². The molecule has 0 aliphatic carbocycles. The fourth-order valence-electron chi connectivity index (χ4n) is 2.78. The van der Waals surface area contributed by atoms with Crippen molar-refractivity contribution in [3.8, 4) is 0 Å². The molecule has 2 rings (SSSR count). The molecule has 2 nitrogen and oxygen atoms in total. The Hall–Kier alpha value is -0.270. The average Bonchev–Trinajstić information content (AvgIpc) is 2.49. The van der Waals surface area contributed by atoms with Gasteiger partial charge in [-0.25, -0.2) is 0 Å². The van der Waals surface area contributed by atoms with Crippen LogP contribution < -0.4 is 5.32 Å². The van der Waals surface area contributed by atoms with Gasteiger partial charge in [0.2, 0.25) is 0 Å². The molecule has 1 fully saturated rings. The van der Waals surface area contributed by atoms with Crippen LogP contribution in [0.5, 0.6) is 0 Å². The summed E-state index contributed by atoms with van der Waals surface area (Å²) in [7, 11) is 0. The molecule has 138 valence electrons. The molecule has 0 aromatic heterocycles. The number of piperazine rings is 1. The van der Waals surface area contributed by atoms with Crippen LogP contribution in [0, 0.1) is 0 Å². The van der Waals surface area contributed by atoms with E-state index in [9.17, 15) is 13.2 Å². The SMILES string of the molecule is C=CCC[C@@H](c1cc(C(F)(F)F)ccc1Br)N1CCNCC1.Cl.Cl. The van der Waals surface area contributed by atoms with E-state index in [1.165, 1.54) is 12.1 Å². The van der Waals surface area contributed by atoms with Gasteiger partial charge >= 0.3 is 6.18 Å². The zero-order chi connectivity index (χ0) is 16.2. The summed E-state index contributed by atoms with van der Waals surface area (Å²) < 4.78 is 39.7. The first-order valence-electron chi connectivity index (χ1n) is 7.36. The smallest absolute Gasteiger partial charge is 0.314 e. The summed E-state index contributed by atoms with van der Waals surface area (Å²) in [5.41, 5.74) is 0.114. The van der Waals surface area contributed by atoms with E-state index in [1.807, 2.05) is 6.08 Å². The van der Waals surface area contributed by atoms with Gasteiger partial charge in [0.15, 0.2) is 0 Å². The van der Waals surface area contributed by atoms with Crippen LogP contribution in [0.15, 0.2) is 35.3 Å².